The quantitative estimate of drug-likeness (QED) is 0.598. The molecule has 0 aliphatic rings. The number of fused-ring (bicyclic) bond motifs is 1. The van der Waals surface area contributed by atoms with E-state index >= 15 is 0 Å². The molecule has 0 aliphatic carbocycles. The number of nitrogens with two attached hydrogens (primary N) is 2. The van der Waals surface area contributed by atoms with Gasteiger partial charge in [-0.1, -0.05) is 0 Å². The Bertz CT molecular complexity index is 517. The first-order chi connectivity index (χ1) is 6.59. The number of nitrogen functional groups attached to an aromatic ring is 2. The second-order valence-corrected chi connectivity index (χ2v) is 2.84. The van der Waals surface area contributed by atoms with Gasteiger partial charge < -0.3 is 16.6 Å². The van der Waals surface area contributed by atoms with Gasteiger partial charge in [-0.05, 0) is 12.1 Å². The monoisotopic (exact) mass is 192 g/mol. The number of hydrogen-bond donors (Lipinski definition) is 3. The average Bonchev–Trinajstić information content (AvgIpc) is 2.44. The van der Waals surface area contributed by atoms with Gasteiger partial charge in [0.05, 0.1) is 0 Å². The maximum absolute atomic E-state index is 10.7. The van der Waals surface area contributed by atoms with Crippen LogP contribution in [0.2, 0.25) is 0 Å². The lowest BCUT2D eigenvalue weighted by molar-refractivity contribution is 0.0692. The number of imidazole rings is 1. The van der Waals surface area contributed by atoms with Crippen LogP contribution >= 0.6 is 0 Å². The summed E-state index contributed by atoms with van der Waals surface area (Å²) in [6, 6.07) is 3.24. The Kier molecular flexibility index (Phi) is 1.57. The summed E-state index contributed by atoms with van der Waals surface area (Å²) in [5, 5.41) is 8.75. The molecule has 2 heterocycles. The van der Waals surface area contributed by atoms with Crippen molar-refractivity contribution in [1.82, 2.24) is 9.38 Å². The molecule has 0 aliphatic heterocycles. The van der Waals surface area contributed by atoms with Crippen LogP contribution in [0.4, 0.5) is 11.5 Å². The topological polar surface area (TPSA) is 107 Å². The highest BCUT2D eigenvalue weighted by Crippen LogP contribution is 2.16. The smallest absolute Gasteiger partial charge is 0.358 e. The number of nitrogens with zero attached hydrogens (tertiary/aromatic N) is 2. The van der Waals surface area contributed by atoms with Gasteiger partial charge in [0.25, 0.3) is 0 Å². The molecule has 2 rings (SSSR count). The summed E-state index contributed by atoms with van der Waals surface area (Å²) in [6.45, 7) is 0. The predicted octanol–water partition coefficient (Wildman–Crippen LogP) is 0.197. The van der Waals surface area contributed by atoms with E-state index in [0.717, 1.165) is 0 Å². The lowest BCUT2D eigenvalue weighted by Crippen LogP contribution is -2.02. The summed E-state index contributed by atoms with van der Waals surface area (Å²) in [6.07, 6.45) is 1.53. The van der Waals surface area contributed by atoms with E-state index in [4.69, 9.17) is 16.6 Å². The molecular weight excluding hydrogens is 184 g/mol. The molecule has 0 fully saturated rings. The van der Waals surface area contributed by atoms with E-state index in [2.05, 4.69) is 4.98 Å². The van der Waals surface area contributed by atoms with Crippen molar-refractivity contribution in [3.05, 3.63) is 24.0 Å². The molecule has 0 spiro atoms. The van der Waals surface area contributed by atoms with Gasteiger partial charge in [-0.2, -0.15) is 0 Å². The van der Waals surface area contributed by atoms with Crippen LogP contribution in [0.1, 0.15) is 10.5 Å². The van der Waals surface area contributed by atoms with Crippen molar-refractivity contribution in [3.63, 3.8) is 0 Å². The van der Waals surface area contributed by atoms with E-state index in [9.17, 15) is 4.79 Å². The molecule has 2 aromatic rings. The molecule has 0 amide bonds. The highest BCUT2D eigenvalue weighted by atomic mass is 16.4. The highest BCUT2D eigenvalue weighted by Gasteiger charge is 2.15. The van der Waals surface area contributed by atoms with E-state index in [1.807, 2.05) is 0 Å². The van der Waals surface area contributed by atoms with Gasteiger partial charge in [-0.25, -0.2) is 9.78 Å². The molecule has 6 heteroatoms. The first-order valence-corrected chi connectivity index (χ1v) is 3.86. The predicted molar refractivity (Wildman–Crippen MR) is 51.0 cm³/mol. The summed E-state index contributed by atoms with van der Waals surface area (Å²) < 4.78 is 1.44. The van der Waals surface area contributed by atoms with E-state index < -0.39 is 5.97 Å². The third-order valence-electron chi connectivity index (χ3n) is 1.88. The fourth-order valence-electron chi connectivity index (χ4n) is 1.24. The standard InChI is InChI=1S/C8H8N4O2/c9-4-1-2-5-11-6(8(13)14)7(10)12(5)3-4/h1-3H,9-10H2,(H,13,14). The van der Waals surface area contributed by atoms with Crippen LogP contribution in [0.15, 0.2) is 18.3 Å². The fraction of sp³-hybridized carbons (Fsp3) is 0. The third-order valence-corrected chi connectivity index (χ3v) is 1.88. The van der Waals surface area contributed by atoms with Crippen molar-refractivity contribution in [2.45, 2.75) is 0 Å². The number of rotatable bonds is 1. The largest absolute Gasteiger partial charge is 0.476 e. The Morgan fingerprint density at radius 2 is 2.14 bits per heavy atom. The normalized spacial score (nSPS) is 10.6. The lowest BCUT2D eigenvalue weighted by Gasteiger charge is -1.97. The first kappa shape index (κ1) is 8.36. The Labute approximate surface area is 78.8 Å². The van der Waals surface area contributed by atoms with Crippen molar-refractivity contribution < 1.29 is 9.90 Å². The minimum Gasteiger partial charge on any atom is -0.476 e. The van der Waals surface area contributed by atoms with Gasteiger partial charge in [-0.15, -0.1) is 0 Å². The number of pyridine rings is 1. The van der Waals surface area contributed by atoms with Gasteiger partial charge in [-0.3, -0.25) is 4.40 Å². The van der Waals surface area contributed by atoms with Crippen molar-refractivity contribution in [2.75, 3.05) is 11.5 Å². The number of hydrogen-bond acceptors (Lipinski definition) is 4. The number of aromatic carboxylic acids is 1. The third kappa shape index (κ3) is 1.05. The maximum atomic E-state index is 10.7. The average molecular weight is 192 g/mol. The SMILES string of the molecule is Nc1ccc2nc(C(=O)O)c(N)n2c1. The van der Waals surface area contributed by atoms with Gasteiger partial charge in [0.15, 0.2) is 5.69 Å². The van der Waals surface area contributed by atoms with Gasteiger partial charge in [0.2, 0.25) is 0 Å². The van der Waals surface area contributed by atoms with Gasteiger partial charge in [0, 0.05) is 11.9 Å². The van der Waals surface area contributed by atoms with Crippen LogP contribution in [0, 0.1) is 0 Å². The van der Waals surface area contributed by atoms with E-state index in [0.29, 0.717) is 11.3 Å². The zero-order chi connectivity index (χ0) is 10.3. The number of carbonyl (C=O) groups is 1. The Morgan fingerprint density at radius 3 is 2.79 bits per heavy atom. The molecule has 72 valence electrons. The summed E-state index contributed by atoms with van der Waals surface area (Å²) >= 11 is 0. The van der Waals surface area contributed by atoms with Gasteiger partial charge >= 0.3 is 5.97 Å². The number of aromatic nitrogens is 2. The van der Waals surface area contributed by atoms with Crippen LogP contribution < -0.4 is 11.5 Å². The van der Waals surface area contributed by atoms with Crippen LogP contribution in [0.3, 0.4) is 0 Å². The van der Waals surface area contributed by atoms with Crippen LogP contribution in [0.5, 0.6) is 0 Å². The number of carboxylic acid groups (broad SMARTS) is 1. The molecule has 0 saturated carbocycles. The Morgan fingerprint density at radius 1 is 1.43 bits per heavy atom. The molecule has 5 N–H and O–H groups in total. The minimum atomic E-state index is -1.15. The minimum absolute atomic E-state index is 0.0831. The fourth-order valence-corrected chi connectivity index (χ4v) is 1.24. The van der Waals surface area contributed by atoms with Crippen molar-refractivity contribution >= 4 is 23.1 Å². The number of carboxylic acids is 1. The summed E-state index contributed by atoms with van der Waals surface area (Å²) in [5.41, 5.74) is 11.9. The van der Waals surface area contributed by atoms with E-state index in [1.54, 1.807) is 12.1 Å². The lowest BCUT2D eigenvalue weighted by atomic mass is 10.4. The first-order valence-electron chi connectivity index (χ1n) is 3.86. The summed E-state index contributed by atoms with van der Waals surface area (Å²) in [7, 11) is 0. The molecule has 0 unspecified atom stereocenters. The molecule has 0 bridgehead atoms. The molecule has 2 aromatic heterocycles. The summed E-state index contributed by atoms with van der Waals surface area (Å²) in [5.74, 6) is -1.07. The molecule has 6 nitrogen and oxygen atoms in total. The van der Waals surface area contributed by atoms with Crippen molar-refractivity contribution in [1.29, 1.82) is 0 Å². The van der Waals surface area contributed by atoms with Crippen molar-refractivity contribution in [3.8, 4) is 0 Å². The zero-order valence-electron chi connectivity index (χ0n) is 7.14. The summed E-state index contributed by atoms with van der Waals surface area (Å²) in [4.78, 5) is 14.5. The Hall–Kier alpha value is -2.24. The van der Waals surface area contributed by atoms with E-state index in [1.165, 1.54) is 10.6 Å². The molecular formula is C8H8N4O2. The zero-order valence-corrected chi connectivity index (χ0v) is 7.14. The molecule has 0 aromatic carbocycles. The molecule has 0 saturated heterocycles. The molecule has 0 atom stereocenters. The molecule has 0 radical (unpaired) electrons. The van der Waals surface area contributed by atoms with Crippen LogP contribution in [0.25, 0.3) is 5.65 Å². The maximum Gasteiger partial charge on any atom is 0.358 e. The number of anilines is 2. The molecule has 14 heavy (non-hydrogen) atoms. The van der Waals surface area contributed by atoms with Crippen LogP contribution in [-0.4, -0.2) is 20.5 Å². The van der Waals surface area contributed by atoms with Gasteiger partial charge in [0.1, 0.15) is 11.5 Å². The highest BCUT2D eigenvalue weighted by molar-refractivity contribution is 5.92. The van der Waals surface area contributed by atoms with Crippen LogP contribution in [-0.2, 0) is 0 Å². The van der Waals surface area contributed by atoms with Crippen molar-refractivity contribution in [2.24, 2.45) is 0 Å². The second-order valence-electron chi connectivity index (χ2n) is 2.84. The Balaban J connectivity index is 2.80. The second kappa shape index (κ2) is 2.63. The van der Waals surface area contributed by atoms with E-state index in [-0.39, 0.29) is 11.5 Å².